The Morgan fingerprint density at radius 3 is 2.09 bits per heavy atom. The van der Waals surface area contributed by atoms with Gasteiger partial charge in [0.1, 0.15) is 0 Å². The predicted molar refractivity (Wildman–Crippen MR) is 90.1 cm³/mol. The van der Waals surface area contributed by atoms with Crippen LogP contribution in [0.1, 0.15) is 38.1 Å². The molecule has 122 valence electrons. The first-order chi connectivity index (χ1) is 10.6. The number of amides is 2. The van der Waals surface area contributed by atoms with Crippen LogP contribution in [0.2, 0.25) is 0 Å². The van der Waals surface area contributed by atoms with E-state index in [9.17, 15) is 9.59 Å². The second-order valence-electron chi connectivity index (χ2n) is 4.98. The molecule has 1 N–H and O–H groups in total. The molecular formula is C17H27N3O2. The Hall–Kier alpha value is -2.04. The predicted octanol–water partition coefficient (Wildman–Crippen LogP) is 2.45. The first-order valence-corrected chi connectivity index (χ1v) is 7.98. The van der Waals surface area contributed by atoms with Gasteiger partial charge in [-0.3, -0.25) is 9.59 Å². The molecule has 0 bridgehead atoms. The zero-order chi connectivity index (χ0) is 16.5. The van der Waals surface area contributed by atoms with Crippen molar-refractivity contribution in [3.8, 4) is 0 Å². The molecule has 5 heteroatoms. The largest absolute Gasteiger partial charge is 0.376 e. The average Bonchev–Trinajstić information content (AvgIpc) is 2.55. The highest BCUT2D eigenvalue weighted by Crippen LogP contribution is 2.13. The standard InChI is InChI=1S/C17H27N3O2/c1-5-19(6-2)16(21)13-18-15-11-9-10-14(12-15)17(22)20(7-3)8-4/h9-12,18H,5-8,13H2,1-4H3. The summed E-state index contributed by atoms with van der Waals surface area (Å²) in [5, 5.41) is 3.10. The highest BCUT2D eigenvalue weighted by atomic mass is 16.2. The number of carbonyl (C=O) groups excluding carboxylic acids is 2. The van der Waals surface area contributed by atoms with Crippen LogP contribution < -0.4 is 5.32 Å². The van der Waals surface area contributed by atoms with Crippen LogP contribution in [-0.2, 0) is 4.79 Å². The number of hydrogen-bond donors (Lipinski definition) is 1. The highest BCUT2D eigenvalue weighted by Gasteiger charge is 2.13. The van der Waals surface area contributed by atoms with E-state index in [0.29, 0.717) is 31.7 Å². The van der Waals surface area contributed by atoms with E-state index in [0.717, 1.165) is 5.69 Å². The maximum atomic E-state index is 12.3. The number of rotatable bonds is 8. The van der Waals surface area contributed by atoms with E-state index in [4.69, 9.17) is 0 Å². The third kappa shape index (κ3) is 4.76. The molecule has 1 aromatic rings. The zero-order valence-electron chi connectivity index (χ0n) is 14.1. The molecular weight excluding hydrogens is 278 g/mol. The van der Waals surface area contributed by atoms with Gasteiger partial charge in [0.05, 0.1) is 6.54 Å². The Bertz CT molecular complexity index is 494. The molecule has 0 aromatic heterocycles. The molecule has 0 atom stereocenters. The third-order valence-corrected chi connectivity index (χ3v) is 3.72. The molecule has 0 heterocycles. The summed E-state index contributed by atoms with van der Waals surface area (Å²) in [6, 6.07) is 7.31. The maximum Gasteiger partial charge on any atom is 0.253 e. The van der Waals surface area contributed by atoms with Crippen molar-refractivity contribution in [1.82, 2.24) is 9.80 Å². The van der Waals surface area contributed by atoms with Gasteiger partial charge < -0.3 is 15.1 Å². The van der Waals surface area contributed by atoms with E-state index in [1.807, 2.05) is 39.8 Å². The maximum absolute atomic E-state index is 12.3. The minimum Gasteiger partial charge on any atom is -0.376 e. The zero-order valence-corrected chi connectivity index (χ0v) is 14.1. The number of benzene rings is 1. The quantitative estimate of drug-likeness (QED) is 0.802. The van der Waals surface area contributed by atoms with Gasteiger partial charge in [-0.1, -0.05) is 6.07 Å². The summed E-state index contributed by atoms with van der Waals surface area (Å²) in [4.78, 5) is 27.9. The second-order valence-corrected chi connectivity index (χ2v) is 4.98. The normalized spacial score (nSPS) is 10.2. The Labute approximate surface area is 133 Å². The van der Waals surface area contributed by atoms with Crippen molar-refractivity contribution in [1.29, 1.82) is 0 Å². The lowest BCUT2D eigenvalue weighted by Crippen LogP contribution is -2.35. The van der Waals surface area contributed by atoms with Crippen LogP contribution in [0.4, 0.5) is 5.69 Å². The number of nitrogens with one attached hydrogen (secondary N) is 1. The van der Waals surface area contributed by atoms with Crippen molar-refractivity contribution in [3.05, 3.63) is 29.8 Å². The van der Waals surface area contributed by atoms with Gasteiger partial charge in [0.25, 0.3) is 5.91 Å². The molecule has 0 fully saturated rings. The molecule has 0 aliphatic heterocycles. The first kappa shape index (κ1) is 18.0. The molecule has 1 rings (SSSR count). The van der Waals surface area contributed by atoms with E-state index in [1.54, 1.807) is 21.9 Å². The van der Waals surface area contributed by atoms with E-state index >= 15 is 0 Å². The van der Waals surface area contributed by atoms with Gasteiger partial charge in [-0.05, 0) is 45.9 Å². The van der Waals surface area contributed by atoms with Crippen LogP contribution in [0.25, 0.3) is 0 Å². The fourth-order valence-corrected chi connectivity index (χ4v) is 2.32. The van der Waals surface area contributed by atoms with Crippen LogP contribution in [-0.4, -0.2) is 54.3 Å². The van der Waals surface area contributed by atoms with E-state index in [2.05, 4.69) is 5.32 Å². The number of carbonyl (C=O) groups is 2. The summed E-state index contributed by atoms with van der Waals surface area (Å²) in [6.07, 6.45) is 0. The van der Waals surface area contributed by atoms with Crippen molar-refractivity contribution in [3.63, 3.8) is 0 Å². The van der Waals surface area contributed by atoms with Crippen molar-refractivity contribution in [2.24, 2.45) is 0 Å². The molecule has 22 heavy (non-hydrogen) atoms. The van der Waals surface area contributed by atoms with Gasteiger partial charge in [0.15, 0.2) is 0 Å². The highest BCUT2D eigenvalue weighted by molar-refractivity contribution is 5.95. The Balaban J connectivity index is 2.72. The molecule has 0 radical (unpaired) electrons. The van der Waals surface area contributed by atoms with Gasteiger partial charge in [0.2, 0.25) is 5.91 Å². The summed E-state index contributed by atoms with van der Waals surface area (Å²) in [5.74, 6) is 0.0780. The molecule has 0 saturated heterocycles. The molecule has 0 unspecified atom stereocenters. The van der Waals surface area contributed by atoms with Crippen molar-refractivity contribution >= 4 is 17.5 Å². The summed E-state index contributed by atoms with van der Waals surface area (Å²) >= 11 is 0. The molecule has 0 aliphatic rings. The third-order valence-electron chi connectivity index (χ3n) is 3.72. The molecule has 0 aliphatic carbocycles. The fourth-order valence-electron chi connectivity index (χ4n) is 2.32. The fraction of sp³-hybridized carbons (Fsp3) is 0.529. The topological polar surface area (TPSA) is 52.7 Å². The summed E-state index contributed by atoms with van der Waals surface area (Å²) in [7, 11) is 0. The van der Waals surface area contributed by atoms with Crippen molar-refractivity contribution < 1.29 is 9.59 Å². The second kappa shape index (κ2) is 9.07. The van der Waals surface area contributed by atoms with Gasteiger partial charge in [-0.2, -0.15) is 0 Å². The summed E-state index contributed by atoms with van der Waals surface area (Å²) in [5.41, 5.74) is 1.43. The first-order valence-electron chi connectivity index (χ1n) is 7.98. The lowest BCUT2D eigenvalue weighted by Gasteiger charge is -2.20. The SMILES string of the molecule is CCN(CC)C(=O)CNc1cccc(C(=O)N(CC)CC)c1. The average molecular weight is 305 g/mol. The van der Waals surface area contributed by atoms with Crippen LogP contribution in [0, 0.1) is 0 Å². The molecule has 0 spiro atoms. The summed E-state index contributed by atoms with van der Waals surface area (Å²) < 4.78 is 0. The summed E-state index contributed by atoms with van der Waals surface area (Å²) in [6.45, 7) is 10.9. The van der Waals surface area contributed by atoms with Gasteiger partial charge in [0, 0.05) is 37.4 Å². The van der Waals surface area contributed by atoms with Crippen molar-refractivity contribution in [2.75, 3.05) is 38.0 Å². The van der Waals surface area contributed by atoms with Gasteiger partial charge in [-0.15, -0.1) is 0 Å². The molecule has 2 amide bonds. The number of anilines is 1. The van der Waals surface area contributed by atoms with E-state index < -0.39 is 0 Å². The molecule has 0 saturated carbocycles. The lowest BCUT2D eigenvalue weighted by molar-refractivity contribution is -0.128. The number of nitrogens with zero attached hydrogens (tertiary/aromatic N) is 2. The lowest BCUT2D eigenvalue weighted by atomic mass is 10.1. The molecule has 5 nitrogen and oxygen atoms in total. The van der Waals surface area contributed by atoms with Crippen LogP contribution in [0.3, 0.4) is 0 Å². The number of hydrogen-bond acceptors (Lipinski definition) is 3. The van der Waals surface area contributed by atoms with E-state index in [-0.39, 0.29) is 18.4 Å². The van der Waals surface area contributed by atoms with E-state index in [1.165, 1.54) is 0 Å². The molecule has 1 aromatic carbocycles. The minimum atomic E-state index is 0.0173. The Kier molecular flexibility index (Phi) is 7.43. The monoisotopic (exact) mass is 305 g/mol. The van der Waals surface area contributed by atoms with Crippen molar-refractivity contribution in [2.45, 2.75) is 27.7 Å². The van der Waals surface area contributed by atoms with Gasteiger partial charge >= 0.3 is 0 Å². The Morgan fingerprint density at radius 1 is 0.955 bits per heavy atom. The minimum absolute atomic E-state index is 0.0173. The van der Waals surface area contributed by atoms with Crippen LogP contribution >= 0.6 is 0 Å². The number of likely N-dealkylation sites (N-methyl/N-ethyl adjacent to an activating group) is 1. The van der Waals surface area contributed by atoms with Gasteiger partial charge in [-0.25, -0.2) is 0 Å². The van der Waals surface area contributed by atoms with Crippen LogP contribution in [0.5, 0.6) is 0 Å². The smallest absolute Gasteiger partial charge is 0.253 e. The Morgan fingerprint density at radius 2 is 1.55 bits per heavy atom. The van der Waals surface area contributed by atoms with Crippen LogP contribution in [0.15, 0.2) is 24.3 Å².